The van der Waals surface area contributed by atoms with Gasteiger partial charge in [0.05, 0.1) is 0 Å². The van der Waals surface area contributed by atoms with Gasteiger partial charge in [-0.05, 0) is 25.3 Å². The van der Waals surface area contributed by atoms with Crippen LogP contribution in [0.25, 0.3) is 0 Å². The number of anilines is 2. The van der Waals surface area contributed by atoms with Crippen molar-refractivity contribution in [3.8, 4) is 0 Å². The van der Waals surface area contributed by atoms with E-state index < -0.39 is 11.6 Å². The smallest absolute Gasteiger partial charge is 0.351 e. The molecule has 0 aliphatic carbocycles. The van der Waals surface area contributed by atoms with Crippen LogP contribution < -0.4 is 15.5 Å². The van der Waals surface area contributed by atoms with Crippen molar-refractivity contribution in [3.63, 3.8) is 0 Å². The van der Waals surface area contributed by atoms with Crippen LogP contribution in [0.1, 0.15) is 24.8 Å². The van der Waals surface area contributed by atoms with Crippen LogP contribution in [0.15, 0.2) is 29.1 Å². The maximum atomic E-state index is 13.9. The molecular weight excluding hydrogens is 326 g/mol. The Balaban J connectivity index is 1.63. The van der Waals surface area contributed by atoms with E-state index in [1.807, 2.05) is 6.07 Å². The number of aromatic nitrogens is 2. The molecule has 5 nitrogen and oxygen atoms in total. The molecule has 1 unspecified atom stereocenters. The summed E-state index contributed by atoms with van der Waals surface area (Å²) in [6.45, 7) is 1.85. The fraction of sp³-hybridized carbons (Fsp3) is 0.444. The van der Waals surface area contributed by atoms with E-state index in [2.05, 4.69) is 9.88 Å². The van der Waals surface area contributed by atoms with E-state index in [-0.39, 0.29) is 12.2 Å². The average molecular weight is 346 g/mol. The van der Waals surface area contributed by atoms with Crippen molar-refractivity contribution >= 4 is 11.6 Å². The Morgan fingerprint density at radius 3 is 2.92 bits per heavy atom. The lowest BCUT2D eigenvalue weighted by Gasteiger charge is -2.30. The number of hydrogen-bond acceptors (Lipinski definition) is 4. The third-order valence-corrected chi connectivity index (χ3v) is 5.10. The summed E-state index contributed by atoms with van der Waals surface area (Å²) in [6.07, 6.45) is 3.40. The number of fused-ring (bicyclic) bond motifs is 3. The summed E-state index contributed by atoms with van der Waals surface area (Å²) in [4.78, 5) is 20.6. The highest BCUT2D eigenvalue weighted by Crippen LogP contribution is 2.32. The first-order valence-electron chi connectivity index (χ1n) is 8.56. The first kappa shape index (κ1) is 16.1. The van der Waals surface area contributed by atoms with Gasteiger partial charge in [0.25, 0.3) is 0 Å². The van der Waals surface area contributed by atoms with Gasteiger partial charge in [0.15, 0.2) is 0 Å². The van der Waals surface area contributed by atoms with Gasteiger partial charge in [-0.15, -0.1) is 0 Å². The molecule has 0 bridgehead atoms. The number of benzene rings is 1. The van der Waals surface area contributed by atoms with Crippen LogP contribution >= 0.6 is 0 Å². The van der Waals surface area contributed by atoms with Gasteiger partial charge in [0.1, 0.15) is 23.3 Å². The predicted octanol–water partition coefficient (Wildman–Crippen LogP) is 2.53. The number of hydrogen-bond donors (Lipinski definition) is 0. The van der Waals surface area contributed by atoms with Crippen LogP contribution in [0.2, 0.25) is 0 Å². The van der Waals surface area contributed by atoms with Gasteiger partial charge in [-0.25, -0.2) is 13.6 Å². The molecule has 1 aromatic heterocycles. The molecule has 0 saturated carbocycles. The number of piperidine rings is 1. The molecule has 0 spiro atoms. The standard InChI is InChI=1S/C18H20F2N4O/c1-22(10-12-5-6-13(19)8-15(12)20)16-9-17-23-7-3-2-4-14(23)11-24(17)18(25)21-16/h5-6,8-9,14H,2-4,7,10-11H2,1H3. The van der Waals surface area contributed by atoms with E-state index in [0.717, 1.165) is 31.3 Å². The van der Waals surface area contributed by atoms with Crippen LogP contribution in [0, 0.1) is 11.6 Å². The highest BCUT2D eigenvalue weighted by atomic mass is 19.1. The van der Waals surface area contributed by atoms with Crippen molar-refractivity contribution in [1.82, 2.24) is 9.55 Å². The normalized spacial score (nSPS) is 18.8. The minimum absolute atomic E-state index is 0.214. The van der Waals surface area contributed by atoms with Crippen molar-refractivity contribution < 1.29 is 8.78 Å². The van der Waals surface area contributed by atoms with Gasteiger partial charge >= 0.3 is 5.69 Å². The lowest BCUT2D eigenvalue weighted by Crippen LogP contribution is -2.36. The highest BCUT2D eigenvalue weighted by molar-refractivity contribution is 5.54. The zero-order valence-corrected chi connectivity index (χ0v) is 14.1. The minimum Gasteiger partial charge on any atom is -0.355 e. The lowest BCUT2D eigenvalue weighted by atomic mass is 10.0. The Morgan fingerprint density at radius 2 is 2.12 bits per heavy atom. The Bertz CT molecular complexity index is 867. The molecule has 1 fully saturated rings. The van der Waals surface area contributed by atoms with E-state index >= 15 is 0 Å². The molecule has 25 heavy (non-hydrogen) atoms. The number of rotatable bonds is 3. The molecular formula is C18H20F2N4O. The summed E-state index contributed by atoms with van der Waals surface area (Å²) in [5.74, 6) is 0.201. The van der Waals surface area contributed by atoms with Crippen LogP contribution in [0.3, 0.4) is 0 Å². The van der Waals surface area contributed by atoms with Gasteiger partial charge in [-0.3, -0.25) is 4.57 Å². The lowest BCUT2D eigenvalue weighted by molar-refractivity contribution is 0.458. The molecule has 2 aliphatic heterocycles. The van der Waals surface area contributed by atoms with E-state index in [1.54, 1.807) is 16.5 Å². The zero-order chi connectivity index (χ0) is 17.6. The summed E-state index contributed by atoms with van der Waals surface area (Å²) < 4.78 is 28.7. The van der Waals surface area contributed by atoms with Gasteiger partial charge in [0.2, 0.25) is 0 Å². The summed E-state index contributed by atoms with van der Waals surface area (Å²) >= 11 is 0. The van der Waals surface area contributed by atoms with E-state index in [4.69, 9.17) is 0 Å². The fourth-order valence-corrected chi connectivity index (χ4v) is 3.78. The van der Waals surface area contributed by atoms with Gasteiger partial charge in [-0.1, -0.05) is 6.07 Å². The summed E-state index contributed by atoms with van der Waals surface area (Å²) in [5, 5.41) is 0. The first-order valence-corrected chi connectivity index (χ1v) is 8.56. The molecule has 0 radical (unpaired) electrons. The quantitative estimate of drug-likeness (QED) is 0.856. The average Bonchev–Trinajstić information content (AvgIpc) is 2.97. The first-order chi connectivity index (χ1) is 12.0. The Morgan fingerprint density at radius 1 is 1.28 bits per heavy atom. The van der Waals surface area contributed by atoms with Gasteiger partial charge < -0.3 is 9.80 Å². The predicted molar refractivity (Wildman–Crippen MR) is 91.9 cm³/mol. The topological polar surface area (TPSA) is 41.4 Å². The Labute approximate surface area is 144 Å². The molecule has 1 aromatic carbocycles. The van der Waals surface area contributed by atoms with E-state index in [9.17, 15) is 13.6 Å². The van der Waals surface area contributed by atoms with Crippen LogP contribution in [-0.4, -0.2) is 29.2 Å². The monoisotopic (exact) mass is 346 g/mol. The second kappa shape index (κ2) is 6.13. The molecule has 0 amide bonds. The van der Waals surface area contributed by atoms with E-state index in [1.165, 1.54) is 18.6 Å². The third-order valence-electron chi connectivity index (χ3n) is 5.10. The maximum Gasteiger partial charge on any atom is 0.351 e. The molecule has 4 rings (SSSR count). The Hall–Kier alpha value is -2.44. The largest absolute Gasteiger partial charge is 0.355 e. The summed E-state index contributed by atoms with van der Waals surface area (Å²) in [6, 6.07) is 5.79. The van der Waals surface area contributed by atoms with Crippen LogP contribution in [0.4, 0.5) is 20.4 Å². The van der Waals surface area contributed by atoms with Crippen molar-refractivity contribution in [2.75, 3.05) is 23.4 Å². The van der Waals surface area contributed by atoms with Crippen molar-refractivity contribution in [3.05, 3.63) is 51.9 Å². The van der Waals surface area contributed by atoms with E-state index in [0.29, 0.717) is 24.0 Å². The van der Waals surface area contributed by atoms with Crippen molar-refractivity contribution in [2.45, 2.75) is 38.4 Å². The maximum absolute atomic E-state index is 13.9. The second-order valence-electron chi connectivity index (χ2n) is 6.80. The highest BCUT2D eigenvalue weighted by Gasteiger charge is 2.32. The molecule has 0 N–H and O–H groups in total. The zero-order valence-electron chi connectivity index (χ0n) is 14.1. The molecule has 7 heteroatoms. The number of nitrogens with zero attached hydrogens (tertiary/aromatic N) is 4. The van der Waals surface area contributed by atoms with Crippen LogP contribution in [0.5, 0.6) is 0 Å². The molecule has 3 heterocycles. The van der Waals surface area contributed by atoms with Gasteiger partial charge in [0, 0.05) is 50.4 Å². The molecule has 2 aromatic rings. The summed E-state index contributed by atoms with van der Waals surface area (Å²) in [5.41, 5.74) is 0.0930. The van der Waals surface area contributed by atoms with Gasteiger partial charge in [-0.2, -0.15) is 4.98 Å². The minimum atomic E-state index is -0.603. The Kier molecular flexibility index (Phi) is 3.94. The SMILES string of the molecule is CN(Cc1ccc(F)cc1F)c1cc2n(c(=O)n1)CC1CCCCN21. The summed E-state index contributed by atoms with van der Waals surface area (Å²) in [7, 11) is 1.75. The molecule has 1 saturated heterocycles. The van der Waals surface area contributed by atoms with Crippen LogP contribution in [-0.2, 0) is 13.1 Å². The number of halogens is 2. The van der Waals surface area contributed by atoms with Crippen molar-refractivity contribution in [2.24, 2.45) is 0 Å². The van der Waals surface area contributed by atoms with Crippen molar-refractivity contribution in [1.29, 1.82) is 0 Å². The molecule has 132 valence electrons. The fourth-order valence-electron chi connectivity index (χ4n) is 3.78. The second-order valence-corrected chi connectivity index (χ2v) is 6.80. The third kappa shape index (κ3) is 2.88. The molecule has 1 atom stereocenters. The molecule has 2 aliphatic rings.